The molecule has 1 atom stereocenters. The van der Waals surface area contributed by atoms with Crippen LogP contribution in [0.2, 0.25) is 0 Å². The van der Waals surface area contributed by atoms with Gasteiger partial charge < -0.3 is 5.32 Å². The Bertz CT molecular complexity index is 341. The highest BCUT2D eigenvalue weighted by atomic mass is 19.3. The second kappa shape index (κ2) is 5.34. The lowest BCUT2D eigenvalue weighted by Crippen LogP contribution is -2.46. The van der Waals surface area contributed by atoms with E-state index in [0.717, 1.165) is 6.42 Å². The maximum atomic E-state index is 13.5. The molecule has 0 saturated heterocycles. The highest BCUT2D eigenvalue weighted by Gasteiger charge is 2.38. The molecule has 16 heavy (non-hydrogen) atoms. The van der Waals surface area contributed by atoms with Gasteiger partial charge in [0.25, 0.3) is 6.43 Å². The third kappa shape index (κ3) is 2.55. The van der Waals surface area contributed by atoms with Crippen molar-refractivity contribution >= 4 is 0 Å². The molecule has 0 aliphatic rings. The fourth-order valence-electron chi connectivity index (χ4n) is 1.56. The Morgan fingerprint density at radius 2 is 1.94 bits per heavy atom. The second-order valence-electron chi connectivity index (χ2n) is 3.91. The van der Waals surface area contributed by atoms with E-state index in [-0.39, 0.29) is 5.56 Å². The molecule has 0 amide bonds. The standard InChI is InChI=1S/C12H16F3N/c1-3-8-16-12(2,11(14)15)9-6-4-5-7-10(9)13/h4-7,11,16H,3,8H2,1-2H3. The van der Waals surface area contributed by atoms with Crippen molar-refractivity contribution in [1.29, 1.82) is 0 Å². The first-order valence-electron chi connectivity index (χ1n) is 5.30. The summed E-state index contributed by atoms with van der Waals surface area (Å²) in [5, 5.41) is 2.71. The zero-order valence-corrected chi connectivity index (χ0v) is 9.43. The van der Waals surface area contributed by atoms with E-state index >= 15 is 0 Å². The van der Waals surface area contributed by atoms with Crippen LogP contribution in [0.4, 0.5) is 13.2 Å². The molecule has 1 aromatic rings. The minimum Gasteiger partial charge on any atom is -0.303 e. The molecule has 0 radical (unpaired) electrons. The first-order chi connectivity index (χ1) is 7.52. The summed E-state index contributed by atoms with van der Waals surface area (Å²) in [5.74, 6) is -0.603. The van der Waals surface area contributed by atoms with Gasteiger partial charge in [-0.15, -0.1) is 0 Å². The number of alkyl halides is 2. The smallest absolute Gasteiger partial charge is 0.260 e. The number of benzene rings is 1. The van der Waals surface area contributed by atoms with E-state index in [9.17, 15) is 13.2 Å². The van der Waals surface area contributed by atoms with Gasteiger partial charge in [-0.05, 0) is 26.0 Å². The Labute approximate surface area is 93.7 Å². The summed E-state index contributed by atoms with van der Waals surface area (Å²) in [6.45, 7) is 3.63. The van der Waals surface area contributed by atoms with Gasteiger partial charge in [0.1, 0.15) is 11.4 Å². The molecule has 1 nitrogen and oxygen atoms in total. The van der Waals surface area contributed by atoms with E-state index in [1.807, 2.05) is 6.92 Å². The summed E-state index contributed by atoms with van der Waals surface area (Å²) in [4.78, 5) is 0. The van der Waals surface area contributed by atoms with Crippen molar-refractivity contribution in [2.45, 2.75) is 32.2 Å². The Morgan fingerprint density at radius 1 is 1.31 bits per heavy atom. The Kier molecular flexibility index (Phi) is 4.35. The lowest BCUT2D eigenvalue weighted by Gasteiger charge is -2.30. The van der Waals surface area contributed by atoms with E-state index in [2.05, 4.69) is 5.32 Å². The van der Waals surface area contributed by atoms with E-state index in [1.54, 1.807) is 6.07 Å². The summed E-state index contributed by atoms with van der Waals surface area (Å²) in [6.07, 6.45) is -1.94. The predicted molar refractivity (Wildman–Crippen MR) is 58.0 cm³/mol. The fourth-order valence-corrected chi connectivity index (χ4v) is 1.56. The van der Waals surface area contributed by atoms with E-state index in [1.165, 1.54) is 25.1 Å². The first-order valence-corrected chi connectivity index (χ1v) is 5.30. The normalized spacial score (nSPS) is 15.1. The van der Waals surface area contributed by atoms with Gasteiger partial charge in [-0.3, -0.25) is 0 Å². The second-order valence-corrected chi connectivity index (χ2v) is 3.91. The molecule has 0 aromatic heterocycles. The number of hydrogen-bond acceptors (Lipinski definition) is 1. The molecule has 1 N–H and O–H groups in total. The average Bonchev–Trinajstić information content (AvgIpc) is 2.26. The Hall–Kier alpha value is -1.03. The molecule has 4 heteroatoms. The summed E-state index contributed by atoms with van der Waals surface area (Å²) in [7, 11) is 0. The van der Waals surface area contributed by atoms with Crippen LogP contribution in [-0.4, -0.2) is 13.0 Å². The summed E-state index contributed by atoms with van der Waals surface area (Å²) >= 11 is 0. The minimum absolute atomic E-state index is 0.0125. The van der Waals surface area contributed by atoms with Crippen LogP contribution in [0.3, 0.4) is 0 Å². The molecule has 0 bridgehead atoms. The van der Waals surface area contributed by atoms with Crippen molar-refractivity contribution in [3.63, 3.8) is 0 Å². The van der Waals surface area contributed by atoms with Gasteiger partial charge in [0, 0.05) is 5.56 Å². The molecular formula is C12H16F3N. The lowest BCUT2D eigenvalue weighted by molar-refractivity contribution is 0.0364. The molecule has 0 heterocycles. The quantitative estimate of drug-likeness (QED) is 0.819. The number of nitrogens with one attached hydrogen (secondary N) is 1. The zero-order valence-electron chi connectivity index (χ0n) is 9.43. The maximum Gasteiger partial charge on any atom is 0.260 e. The van der Waals surface area contributed by atoms with Crippen LogP contribution in [0, 0.1) is 5.82 Å². The van der Waals surface area contributed by atoms with Crippen molar-refractivity contribution in [2.75, 3.05) is 6.54 Å². The van der Waals surface area contributed by atoms with Crippen LogP contribution in [0.15, 0.2) is 24.3 Å². The van der Waals surface area contributed by atoms with E-state index in [0.29, 0.717) is 6.54 Å². The van der Waals surface area contributed by atoms with Crippen molar-refractivity contribution in [3.05, 3.63) is 35.6 Å². The molecule has 0 saturated carbocycles. The molecule has 0 fully saturated rings. The van der Waals surface area contributed by atoms with Crippen LogP contribution < -0.4 is 5.32 Å². The van der Waals surface area contributed by atoms with Gasteiger partial charge in [-0.2, -0.15) is 0 Å². The van der Waals surface area contributed by atoms with Crippen molar-refractivity contribution < 1.29 is 13.2 Å². The predicted octanol–water partition coefficient (Wildman–Crippen LogP) is 3.31. The molecule has 0 aliphatic heterocycles. The van der Waals surface area contributed by atoms with Crippen LogP contribution in [0.1, 0.15) is 25.8 Å². The lowest BCUT2D eigenvalue weighted by atomic mass is 9.91. The highest BCUT2D eigenvalue weighted by Crippen LogP contribution is 2.29. The SMILES string of the molecule is CCCNC(C)(c1ccccc1F)C(F)F. The third-order valence-electron chi connectivity index (χ3n) is 2.61. The molecule has 90 valence electrons. The van der Waals surface area contributed by atoms with Crippen molar-refractivity contribution in [1.82, 2.24) is 5.32 Å². The van der Waals surface area contributed by atoms with Gasteiger partial charge in [0.2, 0.25) is 0 Å². The molecule has 0 aliphatic carbocycles. The van der Waals surface area contributed by atoms with Gasteiger partial charge in [0.15, 0.2) is 0 Å². The van der Waals surface area contributed by atoms with Gasteiger partial charge in [-0.25, -0.2) is 13.2 Å². The highest BCUT2D eigenvalue weighted by molar-refractivity contribution is 5.26. The zero-order chi connectivity index (χ0) is 12.2. The largest absolute Gasteiger partial charge is 0.303 e. The molecule has 1 rings (SSSR count). The summed E-state index contributed by atoms with van der Waals surface area (Å²) < 4.78 is 39.6. The summed E-state index contributed by atoms with van der Waals surface area (Å²) in [6, 6.07) is 5.64. The molecule has 0 spiro atoms. The summed E-state index contributed by atoms with van der Waals surface area (Å²) in [5.41, 5.74) is -1.61. The van der Waals surface area contributed by atoms with Gasteiger partial charge in [-0.1, -0.05) is 25.1 Å². The number of halogens is 3. The van der Waals surface area contributed by atoms with Crippen LogP contribution in [0.25, 0.3) is 0 Å². The van der Waals surface area contributed by atoms with E-state index in [4.69, 9.17) is 0 Å². The van der Waals surface area contributed by atoms with Crippen LogP contribution in [-0.2, 0) is 5.54 Å². The van der Waals surface area contributed by atoms with Gasteiger partial charge >= 0.3 is 0 Å². The van der Waals surface area contributed by atoms with Crippen LogP contribution >= 0.6 is 0 Å². The molecule has 1 unspecified atom stereocenters. The van der Waals surface area contributed by atoms with E-state index < -0.39 is 17.8 Å². The fraction of sp³-hybridized carbons (Fsp3) is 0.500. The monoisotopic (exact) mass is 231 g/mol. The average molecular weight is 231 g/mol. The Balaban J connectivity index is 3.06. The van der Waals surface area contributed by atoms with Crippen molar-refractivity contribution in [3.8, 4) is 0 Å². The third-order valence-corrected chi connectivity index (χ3v) is 2.61. The number of hydrogen-bond donors (Lipinski definition) is 1. The Morgan fingerprint density at radius 3 is 2.44 bits per heavy atom. The topological polar surface area (TPSA) is 12.0 Å². The maximum absolute atomic E-state index is 13.5. The molecular weight excluding hydrogens is 215 g/mol. The van der Waals surface area contributed by atoms with Gasteiger partial charge in [0.05, 0.1) is 0 Å². The van der Waals surface area contributed by atoms with Crippen molar-refractivity contribution in [2.24, 2.45) is 0 Å². The van der Waals surface area contributed by atoms with Crippen LogP contribution in [0.5, 0.6) is 0 Å². The minimum atomic E-state index is -2.66. The number of rotatable bonds is 5. The molecule has 1 aromatic carbocycles. The first kappa shape index (κ1) is 13.0.